The average Bonchev–Trinajstić information content (AvgIpc) is 3.46. The minimum absolute atomic E-state index is 0.0355. The summed E-state index contributed by atoms with van der Waals surface area (Å²) in [5.74, 6) is 1.85. The molecule has 6 rings (SSSR count). The van der Waals surface area contributed by atoms with Crippen molar-refractivity contribution in [3.63, 3.8) is 0 Å². The van der Waals surface area contributed by atoms with Crippen LogP contribution in [0.2, 0.25) is 0 Å². The number of nitrogens with zero attached hydrogens (tertiary/aromatic N) is 5. The zero-order chi connectivity index (χ0) is 29.3. The Bertz CT molecular complexity index is 1480. The Morgan fingerprint density at radius 2 is 1.98 bits per heavy atom. The lowest BCUT2D eigenvalue weighted by atomic mass is 9.60. The Morgan fingerprint density at radius 3 is 2.74 bits per heavy atom. The van der Waals surface area contributed by atoms with Gasteiger partial charge in [-0.2, -0.15) is 0 Å². The van der Waals surface area contributed by atoms with Crippen LogP contribution in [0.4, 0.5) is 11.8 Å². The first-order chi connectivity index (χ1) is 20.3. The van der Waals surface area contributed by atoms with Crippen LogP contribution in [-0.2, 0) is 17.8 Å². The molecule has 0 bridgehead atoms. The Labute approximate surface area is 245 Å². The fourth-order valence-corrected chi connectivity index (χ4v) is 6.34. The van der Waals surface area contributed by atoms with Crippen LogP contribution < -0.4 is 21.1 Å². The number of aromatic nitrogens is 3. The van der Waals surface area contributed by atoms with E-state index in [1.807, 2.05) is 24.3 Å². The third-order valence-electron chi connectivity index (χ3n) is 8.79. The number of piperidine rings is 1. The standard InChI is InChI=1S/C31H38N8O3/c1-38(2)26(40)19-39-11-8-31(9-12-39)15-22(16-31)36-29(41)21-5-3-4-20(14-21)17-34-28-23-7-13-42-27(23)24(18-35-28)25-6-10-33-30(32)37-25/h3-6,10,14,18,22H,7-9,11-13,15-17,19H2,1-2H3,(H,34,35)(H,36,41)(H2,32,33,37). The van der Waals surface area contributed by atoms with Gasteiger partial charge in [0.05, 0.1) is 24.4 Å². The molecule has 11 nitrogen and oxygen atoms in total. The van der Waals surface area contributed by atoms with Gasteiger partial charge in [0, 0.05) is 56.6 Å². The van der Waals surface area contributed by atoms with Crippen LogP contribution in [0.25, 0.3) is 11.3 Å². The van der Waals surface area contributed by atoms with Gasteiger partial charge in [0.2, 0.25) is 11.9 Å². The number of hydrogen-bond donors (Lipinski definition) is 3. The number of carbonyl (C=O) groups is 2. The zero-order valence-corrected chi connectivity index (χ0v) is 24.2. The summed E-state index contributed by atoms with van der Waals surface area (Å²) in [4.78, 5) is 42.0. The SMILES string of the molecule is CN(C)C(=O)CN1CCC2(CC1)CC(NC(=O)c1cccc(CNc3ncc(-c4ccnc(N)n4)c4c3CCO4)c1)C2. The van der Waals surface area contributed by atoms with E-state index in [9.17, 15) is 9.59 Å². The molecule has 1 saturated heterocycles. The summed E-state index contributed by atoms with van der Waals surface area (Å²) < 4.78 is 5.94. The molecule has 1 aromatic carbocycles. The van der Waals surface area contributed by atoms with Crippen LogP contribution in [-0.4, -0.2) is 82.9 Å². The van der Waals surface area contributed by atoms with Crippen molar-refractivity contribution in [3.8, 4) is 17.0 Å². The van der Waals surface area contributed by atoms with E-state index in [0.29, 0.717) is 36.4 Å². The maximum Gasteiger partial charge on any atom is 0.251 e. The van der Waals surface area contributed by atoms with Gasteiger partial charge in [-0.05, 0) is 68.0 Å². The second-order valence-corrected chi connectivity index (χ2v) is 11.9. The van der Waals surface area contributed by atoms with Crippen LogP contribution in [0.5, 0.6) is 5.75 Å². The molecule has 2 aromatic heterocycles. The number of nitrogens with two attached hydrogens (primary N) is 1. The Morgan fingerprint density at radius 1 is 1.17 bits per heavy atom. The number of nitrogen functional groups attached to an aromatic ring is 1. The number of likely N-dealkylation sites (tertiary alicyclic amines) is 1. The number of fused-ring (bicyclic) bond motifs is 1. The molecule has 1 aliphatic carbocycles. The maximum atomic E-state index is 13.1. The van der Waals surface area contributed by atoms with Gasteiger partial charge in [0.15, 0.2) is 0 Å². The highest BCUT2D eigenvalue weighted by Crippen LogP contribution is 2.49. The lowest BCUT2D eigenvalue weighted by Gasteiger charge is -2.52. The number of amides is 2. The molecule has 4 heterocycles. The topological polar surface area (TPSA) is 139 Å². The largest absolute Gasteiger partial charge is 0.492 e. The van der Waals surface area contributed by atoms with Crippen molar-refractivity contribution in [2.75, 3.05) is 51.4 Å². The quantitative estimate of drug-likeness (QED) is 0.373. The van der Waals surface area contributed by atoms with Crippen LogP contribution in [0, 0.1) is 5.41 Å². The van der Waals surface area contributed by atoms with Crippen molar-refractivity contribution in [1.82, 2.24) is 30.1 Å². The Hall–Kier alpha value is -4.25. The van der Waals surface area contributed by atoms with Crippen molar-refractivity contribution < 1.29 is 14.3 Å². The first kappa shape index (κ1) is 27.9. The van der Waals surface area contributed by atoms with E-state index in [1.165, 1.54) is 0 Å². The minimum atomic E-state index is -0.0355. The van der Waals surface area contributed by atoms with Crippen molar-refractivity contribution in [2.24, 2.45) is 5.41 Å². The smallest absolute Gasteiger partial charge is 0.251 e. The molecule has 4 N–H and O–H groups in total. The van der Waals surface area contributed by atoms with Crippen molar-refractivity contribution >= 4 is 23.6 Å². The molecule has 0 atom stereocenters. The van der Waals surface area contributed by atoms with E-state index in [1.54, 1.807) is 37.5 Å². The van der Waals surface area contributed by atoms with Crippen LogP contribution in [0.15, 0.2) is 42.7 Å². The highest BCUT2D eigenvalue weighted by molar-refractivity contribution is 5.94. The van der Waals surface area contributed by atoms with E-state index >= 15 is 0 Å². The van der Waals surface area contributed by atoms with E-state index in [-0.39, 0.29) is 23.8 Å². The average molecular weight is 571 g/mol. The highest BCUT2D eigenvalue weighted by atomic mass is 16.5. The molecule has 3 aromatic rings. The third-order valence-corrected chi connectivity index (χ3v) is 8.79. The highest BCUT2D eigenvalue weighted by Gasteiger charge is 2.46. The minimum Gasteiger partial charge on any atom is -0.492 e. The summed E-state index contributed by atoms with van der Waals surface area (Å²) in [6, 6.07) is 9.71. The number of benzene rings is 1. The number of rotatable bonds is 8. The Balaban J connectivity index is 1.02. The number of likely N-dealkylation sites (N-methyl/N-ethyl adjacent to an activating group) is 1. The zero-order valence-electron chi connectivity index (χ0n) is 24.2. The molecule has 2 aliphatic heterocycles. The molecule has 11 heteroatoms. The fourth-order valence-electron chi connectivity index (χ4n) is 6.34. The molecule has 0 radical (unpaired) electrons. The van der Waals surface area contributed by atoms with Gasteiger partial charge in [0.25, 0.3) is 5.91 Å². The molecular weight excluding hydrogens is 532 g/mol. The van der Waals surface area contributed by atoms with Gasteiger partial charge < -0.3 is 26.0 Å². The van der Waals surface area contributed by atoms with E-state index < -0.39 is 0 Å². The summed E-state index contributed by atoms with van der Waals surface area (Å²) in [6.07, 6.45) is 8.29. The van der Waals surface area contributed by atoms with E-state index in [0.717, 1.165) is 73.5 Å². The summed E-state index contributed by atoms with van der Waals surface area (Å²) in [5.41, 5.74) is 10.2. The summed E-state index contributed by atoms with van der Waals surface area (Å²) in [5, 5.41) is 6.67. The lowest BCUT2D eigenvalue weighted by molar-refractivity contribution is -0.130. The lowest BCUT2D eigenvalue weighted by Crippen LogP contribution is -2.55. The second kappa shape index (κ2) is 11.6. The molecular formula is C31H38N8O3. The van der Waals surface area contributed by atoms with Gasteiger partial charge in [-0.15, -0.1) is 0 Å². The van der Waals surface area contributed by atoms with Crippen LogP contribution >= 0.6 is 0 Å². The van der Waals surface area contributed by atoms with Gasteiger partial charge >= 0.3 is 0 Å². The summed E-state index contributed by atoms with van der Waals surface area (Å²) >= 11 is 0. The summed E-state index contributed by atoms with van der Waals surface area (Å²) in [6.45, 7) is 3.48. The van der Waals surface area contributed by atoms with Crippen molar-refractivity contribution in [3.05, 3.63) is 59.4 Å². The molecule has 42 heavy (non-hydrogen) atoms. The van der Waals surface area contributed by atoms with E-state index in [2.05, 4.69) is 30.5 Å². The molecule has 2 amide bonds. The number of ether oxygens (including phenoxy) is 1. The number of hydrogen-bond acceptors (Lipinski definition) is 9. The first-order valence-corrected chi connectivity index (χ1v) is 14.6. The van der Waals surface area contributed by atoms with Gasteiger partial charge in [-0.3, -0.25) is 14.5 Å². The molecule has 0 unspecified atom stereocenters. The molecule has 1 spiro atoms. The van der Waals surface area contributed by atoms with E-state index in [4.69, 9.17) is 10.5 Å². The molecule has 1 saturated carbocycles. The van der Waals surface area contributed by atoms with Crippen LogP contribution in [0.3, 0.4) is 0 Å². The number of carbonyl (C=O) groups excluding carboxylic acids is 2. The number of anilines is 2. The third kappa shape index (κ3) is 5.87. The molecule has 220 valence electrons. The predicted molar refractivity (Wildman–Crippen MR) is 160 cm³/mol. The molecule has 3 aliphatic rings. The van der Waals surface area contributed by atoms with Gasteiger partial charge in [0.1, 0.15) is 11.6 Å². The van der Waals surface area contributed by atoms with Gasteiger partial charge in [-0.25, -0.2) is 15.0 Å². The van der Waals surface area contributed by atoms with Crippen molar-refractivity contribution in [1.29, 1.82) is 0 Å². The maximum absolute atomic E-state index is 13.1. The van der Waals surface area contributed by atoms with Gasteiger partial charge in [-0.1, -0.05) is 12.1 Å². The monoisotopic (exact) mass is 570 g/mol. The fraction of sp³-hybridized carbons (Fsp3) is 0.452. The second-order valence-electron chi connectivity index (χ2n) is 11.9. The summed E-state index contributed by atoms with van der Waals surface area (Å²) in [7, 11) is 3.60. The number of pyridine rings is 1. The molecule has 2 fully saturated rings. The normalized spacial score (nSPS) is 17.7. The van der Waals surface area contributed by atoms with Crippen molar-refractivity contribution in [2.45, 2.75) is 44.7 Å². The van der Waals surface area contributed by atoms with Crippen LogP contribution in [0.1, 0.15) is 47.2 Å². The predicted octanol–water partition coefficient (Wildman–Crippen LogP) is 2.73. The number of nitrogens with one attached hydrogen (secondary N) is 2. The Kier molecular flexibility index (Phi) is 7.68. The first-order valence-electron chi connectivity index (χ1n) is 14.6.